The summed E-state index contributed by atoms with van der Waals surface area (Å²) >= 11 is 0. The van der Waals surface area contributed by atoms with Crippen molar-refractivity contribution in [3.63, 3.8) is 0 Å². The summed E-state index contributed by atoms with van der Waals surface area (Å²) in [6.07, 6.45) is -1.96. The molecule has 0 aliphatic rings. The molecule has 2 rings (SSSR count). The van der Waals surface area contributed by atoms with Crippen molar-refractivity contribution in [1.82, 2.24) is 9.97 Å². The van der Waals surface area contributed by atoms with E-state index in [0.717, 1.165) is 6.20 Å². The van der Waals surface area contributed by atoms with E-state index in [1.807, 2.05) is 0 Å². The van der Waals surface area contributed by atoms with Crippen LogP contribution >= 0.6 is 0 Å². The highest BCUT2D eigenvalue weighted by molar-refractivity contribution is 5.90. The first-order chi connectivity index (χ1) is 10.0. The van der Waals surface area contributed by atoms with Gasteiger partial charge in [0, 0.05) is 11.8 Å². The first-order valence-electron chi connectivity index (χ1n) is 6.11. The normalized spacial score (nSPS) is 10.7. The molecule has 21 heavy (non-hydrogen) atoms. The van der Waals surface area contributed by atoms with Crippen LogP contribution in [0.1, 0.15) is 29.4 Å². The average molecular weight is 296 g/mol. The van der Waals surface area contributed by atoms with Gasteiger partial charge in [-0.1, -0.05) is 0 Å². The lowest BCUT2D eigenvalue weighted by atomic mass is 10.2. The smallest absolute Gasteiger partial charge is 0.341 e. The highest BCUT2D eigenvalue weighted by Crippen LogP contribution is 2.24. The van der Waals surface area contributed by atoms with Crippen molar-refractivity contribution in [2.75, 3.05) is 6.61 Å². The molecule has 0 aliphatic heterocycles. The van der Waals surface area contributed by atoms with Gasteiger partial charge in [0.2, 0.25) is 0 Å². The number of hydrogen-bond donors (Lipinski definition) is 0. The molecule has 2 aromatic rings. The number of carbonyl (C=O) groups is 1. The Labute approximate surface area is 118 Å². The Kier molecular flexibility index (Phi) is 4.52. The molecule has 0 fully saturated rings. The van der Waals surface area contributed by atoms with E-state index in [0.29, 0.717) is 5.56 Å². The van der Waals surface area contributed by atoms with Gasteiger partial charge >= 0.3 is 5.97 Å². The van der Waals surface area contributed by atoms with Crippen LogP contribution in [0, 0.1) is 5.82 Å². The van der Waals surface area contributed by atoms with E-state index in [1.54, 1.807) is 6.92 Å². The minimum Gasteiger partial charge on any atom is -0.462 e. The van der Waals surface area contributed by atoms with Crippen molar-refractivity contribution in [3.8, 4) is 11.4 Å². The summed E-state index contributed by atoms with van der Waals surface area (Å²) in [6.45, 7) is 1.62. The number of benzene rings is 1. The molecule has 1 aromatic heterocycles. The minimum atomic E-state index is -2.95. The number of alkyl halides is 2. The maximum atomic E-state index is 13.0. The van der Waals surface area contributed by atoms with Crippen LogP contribution in [0.25, 0.3) is 11.4 Å². The number of aromatic nitrogens is 2. The molecule has 0 radical (unpaired) electrons. The Bertz CT molecular complexity index is 645. The SMILES string of the molecule is CCOC(=O)c1cnc(-c2ccc(F)cc2)nc1C(F)F. The monoisotopic (exact) mass is 296 g/mol. The zero-order chi connectivity index (χ0) is 15.4. The number of halogens is 3. The Balaban J connectivity index is 2.45. The van der Waals surface area contributed by atoms with Crippen molar-refractivity contribution in [2.45, 2.75) is 13.3 Å². The second-order valence-electron chi connectivity index (χ2n) is 4.02. The summed E-state index contributed by atoms with van der Waals surface area (Å²) in [6, 6.07) is 5.06. The van der Waals surface area contributed by atoms with Crippen molar-refractivity contribution in [3.05, 3.63) is 47.5 Å². The molecule has 0 spiro atoms. The summed E-state index contributed by atoms with van der Waals surface area (Å²) < 4.78 is 43.6. The highest BCUT2D eigenvalue weighted by Gasteiger charge is 2.22. The van der Waals surface area contributed by atoms with Gasteiger partial charge in [-0.25, -0.2) is 27.9 Å². The molecular formula is C14H11F3N2O2. The fraction of sp³-hybridized carbons (Fsp3) is 0.214. The van der Waals surface area contributed by atoms with E-state index in [4.69, 9.17) is 0 Å². The maximum absolute atomic E-state index is 13.0. The third kappa shape index (κ3) is 3.36. The molecule has 0 N–H and O–H groups in total. The molecule has 0 bridgehead atoms. The number of hydrogen-bond acceptors (Lipinski definition) is 4. The van der Waals surface area contributed by atoms with Gasteiger partial charge in [0.05, 0.1) is 6.61 Å². The number of ether oxygens (including phenoxy) is 1. The zero-order valence-electron chi connectivity index (χ0n) is 11.0. The molecule has 0 saturated heterocycles. The quantitative estimate of drug-likeness (QED) is 0.811. The molecule has 0 unspecified atom stereocenters. The summed E-state index contributed by atoms with van der Waals surface area (Å²) in [5.74, 6) is -1.38. The molecule has 7 heteroatoms. The molecule has 0 saturated carbocycles. The first kappa shape index (κ1) is 15.0. The molecule has 0 amide bonds. The number of esters is 1. The van der Waals surface area contributed by atoms with Crippen LogP contribution in [-0.4, -0.2) is 22.5 Å². The van der Waals surface area contributed by atoms with Crippen LogP contribution in [0.15, 0.2) is 30.5 Å². The molecule has 1 heterocycles. The van der Waals surface area contributed by atoms with Crippen LogP contribution < -0.4 is 0 Å². The standard InChI is InChI=1S/C14H11F3N2O2/c1-2-21-14(20)10-7-18-13(19-11(10)12(16)17)8-3-5-9(15)6-4-8/h3-7,12H,2H2,1H3. The fourth-order valence-corrected chi connectivity index (χ4v) is 1.67. The van der Waals surface area contributed by atoms with Gasteiger partial charge in [0.25, 0.3) is 6.43 Å². The van der Waals surface area contributed by atoms with Crippen molar-refractivity contribution in [1.29, 1.82) is 0 Å². The molecule has 110 valence electrons. The van der Waals surface area contributed by atoms with Gasteiger partial charge < -0.3 is 4.74 Å². The predicted molar refractivity (Wildman–Crippen MR) is 68.3 cm³/mol. The molecule has 0 aliphatic carbocycles. The second kappa shape index (κ2) is 6.34. The van der Waals surface area contributed by atoms with Gasteiger partial charge in [0.1, 0.15) is 17.1 Å². The molecule has 1 aromatic carbocycles. The summed E-state index contributed by atoms with van der Waals surface area (Å²) in [5.41, 5.74) is -0.714. The van der Waals surface area contributed by atoms with Gasteiger partial charge in [-0.05, 0) is 31.2 Å². The van der Waals surface area contributed by atoms with Gasteiger partial charge in [-0.2, -0.15) is 0 Å². The van der Waals surface area contributed by atoms with Crippen LogP contribution in [0.2, 0.25) is 0 Å². The largest absolute Gasteiger partial charge is 0.462 e. The highest BCUT2D eigenvalue weighted by atomic mass is 19.3. The van der Waals surface area contributed by atoms with E-state index in [9.17, 15) is 18.0 Å². The summed E-state index contributed by atoms with van der Waals surface area (Å²) in [7, 11) is 0. The van der Waals surface area contributed by atoms with Crippen LogP contribution in [0.4, 0.5) is 13.2 Å². The average Bonchev–Trinajstić information content (AvgIpc) is 2.47. The Morgan fingerprint density at radius 2 is 1.95 bits per heavy atom. The number of rotatable bonds is 4. The topological polar surface area (TPSA) is 52.1 Å². The maximum Gasteiger partial charge on any atom is 0.341 e. The Morgan fingerprint density at radius 1 is 1.29 bits per heavy atom. The minimum absolute atomic E-state index is 0.0154. The lowest BCUT2D eigenvalue weighted by molar-refractivity contribution is 0.0513. The third-order valence-corrected chi connectivity index (χ3v) is 2.62. The molecular weight excluding hydrogens is 285 g/mol. The predicted octanol–water partition coefficient (Wildman–Crippen LogP) is 3.40. The van der Waals surface area contributed by atoms with E-state index in [1.165, 1.54) is 24.3 Å². The Morgan fingerprint density at radius 3 is 2.52 bits per heavy atom. The van der Waals surface area contributed by atoms with E-state index < -0.39 is 23.9 Å². The van der Waals surface area contributed by atoms with Gasteiger partial charge in [-0.15, -0.1) is 0 Å². The van der Waals surface area contributed by atoms with Crippen LogP contribution in [0.5, 0.6) is 0 Å². The van der Waals surface area contributed by atoms with Crippen molar-refractivity contribution >= 4 is 5.97 Å². The van der Waals surface area contributed by atoms with Crippen molar-refractivity contribution in [2.24, 2.45) is 0 Å². The van der Waals surface area contributed by atoms with Crippen molar-refractivity contribution < 1.29 is 22.7 Å². The molecule has 0 atom stereocenters. The lowest BCUT2D eigenvalue weighted by Gasteiger charge is -2.09. The van der Waals surface area contributed by atoms with E-state index >= 15 is 0 Å². The summed E-state index contributed by atoms with van der Waals surface area (Å²) in [5, 5.41) is 0. The first-order valence-corrected chi connectivity index (χ1v) is 6.11. The van der Waals surface area contributed by atoms with E-state index in [2.05, 4.69) is 14.7 Å². The van der Waals surface area contributed by atoms with E-state index in [-0.39, 0.29) is 18.0 Å². The number of carbonyl (C=O) groups excluding carboxylic acids is 1. The van der Waals surface area contributed by atoms with Gasteiger partial charge in [0.15, 0.2) is 5.82 Å². The lowest BCUT2D eigenvalue weighted by Crippen LogP contribution is -2.11. The number of nitrogens with zero attached hydrogens (tertiary/aromatic N) is 2. The fourth-order valence-electron chi connectivity index (χ4n) is 1.67. The zero-order valence-corrected chi connectivity index (χ0v) is 11.0. The van der Waals surface area contributed by atoms with Crippen LogP contribution in [0.3, 0.4) is 0 Å². The van der Waals surface area contributed by atoms with Gasteiger partial charge in [-0.3, -0.25) is 0 Å². The third-order valence-electron chi connectivity index (χ3n) is 2.62. The summed E-state index contributed by atoms with van der Waals surface area (Å²) in [4.78, 5) is 19.1. The molecule has 4 nitrogen and oxygen atoms in total. The van der Waals surface area contributed by atoms with Crippen LogP contribution in [-0.2, 0) is 4.74 Å². The second-order valence-corrected chi connectivity index (χ2v) is 4.02. The Hall–Kier alpha value is -2.44.